The van der Waals surface area contributed by atoms with Crippen molar-refractivity contribution in [1.82, 2.24) is 4.90 Å². The zero-order valence-electron chi connectivity index (χ0n) is 15.7. The first-order valence-electron chi connectivity index (χ1n) is 9.13. The number of amides is 1. The summed E-state index contributed by atoms with van der Waals surface area (Å²) in [5.41, 5.74) is 1.57. The van der Waals surface area contributed by atoms with E-state index >= 15 is 0 Å². The van der Waals surface area contributed by atoms with Crippen LogP contribution in [0.15, 0.2) is 54.6 Å². The minimum absolute atomic E-state index is 0.0956. The zero-order valence-corrected chi connectivity index (χ0v) is 16.5. The number of benzene rings is 2. The number of ether oxygens (including phenoxy) is 1. The fourth-order valence-corrected chi connectivity index (χ4v) is 5.09. The van der Waals surface area contributed by atoms with Gasteiger partial charge in [0.25, 0.3) is 5.91 Å². The lowest BCUT2D eigenvalue weighted by Crippen LogP contribution is -2.57. The first-order chi connectivity index (χ1) is 12.8. The van der Waals surface area contributed by atoms with Gasteiger partial charge >= 0.3 is 0 Å². The number of hydrogen-bond donors (Lipinski definition) is 0. The van der Waals surface area contributed by atoms with Gasteiger partial charge in [-0.3, -0.25) is 4.79 Å². The summed E-state index contributed by atoms with van der Waals surface area (Å²) in [7, 11) is -3.14. The summed E-state index contributed by atoms with van der Waals surface area (Å²) in [6.45, 7) is 4.74. The standard InChI is InChI=1S/C21H25NO4S/c1-16(2)15-27(24,25)20-12-22(13-20)21(23)18-9-6-10-19(11-18)26-14-17-7-4-3-5-8-17/h3-11,16,20H,12-15H2,1-2H3. The maximum atomic E-state index is 12.6. The van der Waals surface area contributed by atoms with E-state index in [9.17, 15) is 13.2 Å². The minimum Gasteiger partial charge on any atom is -0.489 e. The lowest BCUT2D eigenvalue weighted by Gasteiger charge is -2.39. The van der Waals surface area contributed by atoms with Gasteiger partial charge in [-0.05, 0) is 29.7 Å². The van der Waals surface area contributed by atoms with Gasteiger partial charge in [0.05, 0.1) is 11.0 Å². The molecule has 3 rings (SSSR count). The molecule has 0 spiro atoms. The van der Waals surface area contributed by atoms with Gasteiger partial charge in [-0.15, -0.1) is 0 Å². The Morgan fingerprint density at radius 3 is 2.48 bits per heavy atom. The van der Waals surface area contributed by atoms with E-state index in [0.29, 0.717) is 17.9 Å². The molecule has 1 aliphatic rings. The van der Waals surface area contributed by atoms with Crippen molar-refractivity contribution in [3.05, 3.63) is 65.7 Å². The molecule has 6 heteroatoms. The molecule has 2 aromatic carbocycles. The van der Waals surface area contributed by atoms with Crippen LogP contribution in [0, 0.1) is 5.92 Å². The third-order valence-electron chi connectivity index (χ3n) is 4.54. The van der Waals surface area contributed by atoms with Crippen molar-refractivity contribution in [2.75, 3.05) is 18.8 Å². The molecule has 0 radical (unpaired) electrons. The molecule has 0 N–H and O–H groups in total. The first kappa shape index (κ1) is 19.4. The van der Waals surface area contributed by atoms with Crippen LogP contribution in [-0.2, 0) is 16.4 Å². The van der Waals surface area contributed by atoms with Gasteiger partial charge in [-0.1, -0.05) is 50.2 Å². The molecular weight excluding hydrogens is 362 g/mol. The largest absolute Gasteiger partial charge is 0.489 e. The average Bonchev–Trinajstić information content (AvgIpc) is 2.58. The van der Waals surface area contributed by atoms with Gasteiger partial charge in [-0.25, -0.2) is 8.42 Å². The van der Waals surface area contributed by atoms with Gasteiger partial charge in [-0.2, -0.15) is 0 Å². The summed E-state index contributed by atoms with van der Waals surface area (Å²) in [6, 6.07) is 16.8. The molecule has 2 aromatic rings. The molecule has 144 valence electrons. The highest BCUT2D eigenvalue weighted by atomic mass is 32.2. The Balaban J connectivity index is 1.58. The van der Waals surface area contributed by atoms with Crippen LogP contribution in [-0.4, -0.2) is 43.3 Å². The Bertz CT molecular complexity index is 887. The molecule has 0 saturated carbocycles. The number of sulfone groups is 1. The molecule has 27 heavy (non-hydrogen) atoms. The Hall–Kier alpha value is -2.34. The Morgan fingerprint density at radius 1 is 1.11 bits per heavy atom. The molecule has 0 atom stereocenters. The van der Waals surface area contributed by atoms with Crippen molar-refractivity contribution in [3.8, 4) is 5.75 Å². The topological polar surface area (TPSA) is 63.7 Å². The lowest BCUT2D eigenvalue weighted by molar-refractivity contribution is 0.0658. The lowest BCUT2D eigenvalue weighted by atomic mass is 10.1. The molecule has 0 aliphatic carbocycles. The first-order valence-corrected chi connectivity index (χ1v) is 10.8. The normalized spacial score (nSPS) is 14.9. The molecule has 0 bridgehead atoms. The fourth-order valence-electron chi connectivity index (χ4n) is 3.07. The van der Waals surface area contributed by atoms with Crippen molar-refractivity contribution >= 4 is 15.7 Å². The van der Waals surface area contributed by atoms with E-state index in [1.807, 2.05) is 50.2 Å². The molecule has 0 aromatic heterocycles. The number of rotatable bonds is 7. The van der Waals surface area contributed by atoms with Crippen LogP contribution in [0.2, 0.25) is 0 Å². The monoisotopic (exact) mass is 387 g/mol. The van der Waals surface area contributed by atoms with E-state index in [1.165, 1.54) is 0 Å². The third kappa shape index (κ3) is 4.89. The summed E-state index contributed by atoms with van der Waals surface area (Å²) in [6.07, 6.45) is 0. The van der Waals surface area contributed by atoms with Crippen LogP contribution in [0.25, 0.3) is 0 Å². The van der Waals surface area contributed by atoms with E-state index < -0.39 is 15.1 Å². The second-order valence-electron chi connectivity index (χ2n) is 7.36. The summed E-state index contributed by atoms with van der Waals surface area (Å²) in [5.74, 6) is 0.728. The van der Waals surface area contributed by atoms with Gasteiger partial charge in [0.1, 0.15) is 12.4 Å². The van der Waals surface area contributed by atoms with Crippen LogP contribution in [0.3, 0.4) is 0 Å². The van der Waals surface area contributed by atoms with E-state index in [1.54, 1.807) is 23.1 Å². The van der Waals surface area contributed by atoms with E-state index in [4.69, 9.17) is 4.74 Å². The highest BCUT2D eigenvalue weighted by Crippen LogP contribution is 2.23. The van der Waals surface area contributed by atoms with Crippen LogP contribution < -0.4 is 4.74 Å². The molecule has 5 nitrogen and oxygen atoms in total. The van der Waals surface area contributed by atoms with Gasteiger partial charge in [0.15, 0.2) is 9.84 Å². The number of hydrogen-bond acceptors (Lipinski definition) is 4. The highest BCUT2D eigenvalue weighted by molar-refractivity contribution is 7.92. The average molecular weight is 388 g/mol. The maximum absolute atomic E-state index is 12.6. The Morgan fingerprint density at radius 2 is 1.81 bits per heavy atom. The second kappa shape index (κ2) is 8.13. The number of carbonyl (C=O) groups excluding carboxylic acids is 1. The van der Waals surface area contributed by atoms with Crippen molar-refractivity contribution in [2.24, 2.45) is 5.92 Å². The Kier molecular flexibility index (Phi) is 5.85. The van der Waals surface area contributed by atoms with Crippen molar-refractivity contribution in [3.63, 3.8) is 0 Å². The minimum atomic E-state index is -3.14. The summed E-state index contributed by atoms with van der Waals surface area (Å²) in [4.78, 5) is 14.2. The van der Waals surface area contributed by atoms with Crippen LogP contribution in [0.4, 0.5) is 0 Å². The van der Waals surface area contributed by atoms with Gasteiger partial charge in [0, 0.05) is 18.7 Å². The van der Waals surface area contributed by atoms with E-state index in [0.717, 1.165) is 5.56 Å². The smallest absolute Gasteiger partial charge is 0.254 e. The fraction of sp³-hybridized carbons (Fsp3) is 0.381. The van der Waals surface area contributed by atoms with Crippen molar-refractivity contribution in [2.45, 2.75) is 25.7 Å². The van der Waals surface area contributed by atoms with Gasteiger partial charge < -0.3 is 9.64 Å². The quantitative estimate of drug-likeness (QED) is 0.732. The van der Waals surface area contributed by atoms with Crippen LogP contribution >= 0.6 is 0 Å². The maximum Gasteiger partial charge on any atom is 0.254 e. The highest BCUT2D eigenvalue weighted by Gasteiger charge is 2.39. The summed E-state index contributed by atoms with van der Waals surface area (Å²) >= 11 is 0. The molecule has 1 amide bonds. The van der Waals surface area contributed by atoms with Crippen LogP contribution in [0.1, 0.15) is 29.8 Å². The van der Waals surface area contributed by atoms with Crippen molar-refractivity contribution in [1.29, 1.82) is 0 Å². The Labute approximate surface area is 160 Å². The van der Waals surface area contributed by atoms with E-state index in [-0.39, 0.29) is 30.7 Å². The SMILES string of the molecule is CC(C)CS(=O)(=O)C1CN(C(=O)c2cccc(OCc3ccccc3)c2)C1. The predicted octanol–water partition coefficient (Wildman–Crippen LogP) is 3.16. The van der Waals surface area contributed by atoms with Crippen molar-refractivity contribution < 1.29 is 17.9 Å². The second-order valence-corrected chi connectivity index (χ2v) is 9.68. The summed E-state index contributed by atoms with van der Waals surface area (Å²) in [5, 5.41) is -0.443. The molecule has 1 saturated heterocycles. The third-order valence-corrected chi connectivity index (χ3v) is 6.98. The number of carbonyl (C=O) groups is 1. The molecule has 1 fully saturated rings. The van der Waals surface area contributed by atoms with Crippen LogP contribution in [0.5, 0.6) is 5.75 Å². The molecular formula is C21H25NO4S. The number of likely N-dealkylation sites (tertiary alicyclic amines) is 1. The van der Waals surface area contributed by atoms with E-state index in [2.05, 4.69) is 0 Å². The zero-order chi connectivity index (χ0) is 19.4. The van der Waals surface area contributed by atoms with Gasteiger partial charge in [0.2, 0.25) is 0 Å². The molecule has 0 unspecified atom stereocenters. The molecule has 1 aliphatic heterocycles. The summed E-state index contributed by atoms with van der Waals surface area (Å²) < 4.78 is 30.3. The predicted molar refractivity (Wildman–Crippen MR) is 106 cm³/mol. The number of nitrogens with zero attached hydrogens (tertiary/aromatic N) is 1. The molecule has 1 heterocycles.